The first kappa shape index (κ1) is 39.1. The van der Waals surface area contributed by atoms with Crippen LogP contribution in [-0.2, 0) is 25.1 Å². The summed E-state index contributed by atoms with van der Waals surface area (Å²) < 4.78 is 33.2. The average Bonchev–Trinajstić information content (AvgIpc) is 2.98. The second kappa shape index (κ2) is 18.8. The van der Waals surface area contributed by atoms with E-state index >= 15 is 0 Å². The molecule has 0 amide bonds. The van der Waals surface area contributed by atoms with Gasteiger partial charge >= 0.3 is 118 Å². The Morgan fingerprint density at radius 2 is 1.44 bits per heavy atom. The van der Waals surface area contributed by atoms with E-state index in [0.29, 0.717) is 5.65 Å². The summed E-state index contributed by atoms with van der Waals surface area (Å²) in [6, 6.07) is 0. The van der Waals surface area contributed by atoms with Crippen molar-refractivity contribution in [3.63, 3.8) is 0 Å². The van der Waals surface area contributed by atoms with Crippen molar-refractivity contribution in [3.05, 3.63) is 23.0 Å². The molecule has 0 spiro atoms. The van der Waals surface area contributed by atoms with Crippen molar-refractivity contribution in [2.24, 2.45) is 5.92 Å². The van der Waals surface area contributed by atoms with E-state index in [1.54, 1.807) is 4.57 Å². The van der Waals surface area contributed by atoms with Crippen molar-refractivity contribution < 1.29 is 156 Å². The zero-order chi connectivity index (χ0) is 20.8. The molecule has 2 aromatic heterocycles. The second-order valence-electron chi connectivity index (χ2n) is 5.99. The molecule has 0 aliphatic rings. The van der Waals surface area contributed by atoms with Crippen LogP contribution in [0.2, 0.25) is 0 Å². The molecule has 2 heterocycles. The van der Waals surface area contributed by atoms with Gasteiger partial charge in [-0.25, -0.2) is 9.97 Å². The first-order chi connectivity index (χ1) is 13.1. The molecule has 0 aromatic carbocycles. The Bertz CT molecular complexity index is 906. The van der Waals surface area contributed by atoms with E-state index in [9.17, 15) is 33.5 Å². The zero-order valence-corrected chi connectivity index (χ0v) is 28.4. The maximum absolute atomic E-state index is 11.7. The molecule has 0 fully saturated rings. The number of hydrogen-bond acceptors (Lipinski definition) is 11. The molecule has 0 aliphatic carbocycles. The van der Waals surface area contributed by atoms with Crippen molar-refractivity contribution in [2.75, 3.05) is 38.8 Å². The Hall–Kier alpha value is 2.57. The number of hydrogen-bond donors (Lipinski definition) is 1. The number of ether oxygens (including phenoxy) is 2. The van der Waals surface area contributed by atoms with Gasteiger partial charge in [-0.3, -0.25) is 4.79 Å². The van der Waals surface area contributed by atoms with Gasteiger partial charge in [-0.15, -0.1) is 0 Å². The molecule has 0 saturated heterocycles. The number of aromatic nitrogens is 4. The smallest absolute Gasteiger partial charge is 0.811 e. The second-order valence-corrected chi connectivity index (χ2v) is 9.32. The van der Waals surface area contributed by atoms with Crippen LogP contribution in [0.3, 0.4) is 0 Å². The molecule has 158 valence electrons. The van der Waals surface area contributed by atoms with Crippen LogP contribution in [0.1, 0.15) is 0 Å². The van der Waals surface area contributed by atoms with Crippen LogP contribution >= 0.6 is 15.2 Å². The molecule has 0 unspecified atom stereocenters. The monoisotopic (exact) mass is 528 g/mol. The minimum absolute atomic E-state index is 0. The Labute approximate surface area is 272 Å². The summed E-state index contributed by atoms with van der Waals surface area (Å²) >= 11 is 0. The standard InChI is InChI=1S/C13H22N4O9P2.4Na/c18-13-11-12(14-8-15-13)17(9-16-11)5-10(6-25-1-3-27(19,20)21)7-26-2-4-28(22,23)24;;;;/h8-10H,1-7H2,(H,14,15,18)(H2,19,20,21)(H2,22,23,24);;;;/q;4*+1/p-4. The Kier molecular flexibility index (Phi) is 22.9. The number of nitrogens with one attached hydrogen (secondary N) is 1. The minimum Gasteiger partial charge on any atom is -0.811 e. The molecular weight excluding hydrogens is 510 g/mol. The van der Waals surface area contributed by atoms with Gasteiger partial charge in [0.1, 0.15) is 0 Å². The van der Waals surface area contributed by atoms with Crippen LogP contribution in [0.5, 0.6) is 0 Å². The SMILES string of the molecule is O=c1[nH]cnc2c1ncn2CC(COCCP(=O)([O-])[O-])COCCP(=O)([O-])[O-].[Na+].[Na+].[Na+].[Na+]. The summed E-state index contributed by atoms with van der Waals surface area (Å²) in [4.78, 5) is 64.7. The number of nitrogens with zero attached hydrogens (tertiary/aromatic N) is 3. The van der Waals surface area contributed by atoms with Crippen molar-refractivity contribution in [1.29, 1.82) is 0 Å². The first-order valence-corrected chi connectivity index (χ1v) is 11.6. The molecule has 19 heteroatoms. The van der Waals surface area contributed by atoms with Gasteiger partial charge in [-0.05, 0) is 12.3 Å². The predicted octanol–water partition coefficient (Wildman–Crippen LogP) is -15.4. The topological polar surface area (TPSA) is 208 Å². The van der Waals surface area contributed by atoms with Gasteiger partial charge in [0, 0.05) is 12.5 Å². The van der Waals surface area contributed by atoms with Gasteiger partial charge in [0.05, 0.1) is 39.1 Å². The average molecular weight is 528 g/mol. The van der Waals surface area contributed by atoms with Gasteiger partial charge in [0.25, 0.3) is 5.56 Å². The normalized spacial score (nSPS) is 11.3. The molecule has 0 bridgehead atoms. The van der Waals surface area contributed by atoms with Crippen molar-refractivity contribution in [1.82, 2.24) is 19.5 Å². The Morgan fingerprint density at radius 1 is 0.938 bits per heavy atom. The van der Waals surface area contributed by atoms with Gasteiger partial charge in [0.2, 0.25) is 0 Å². The summed E-state index contributed by atoms with van der Waals surface area (Å²) in [5.41, 5.74) is 0.0115. The molecule has 2 rings (SSSR count). The molecule has 0 atom stereocenters. The van der Waals surface area contributed by atoms with Crippen molar-refractivity contribution in [3.8, 4) is 0 Å². The fourth-order valence-electron chi connectivity index (χ4n) is 2.31. The largest absolute Gasteiger partial charge is 1.00 e. The van der Waals surface area contributed by atoms with E-state index < -0.39 is 39.0 Å². The van der Waals surface area contributed by atoms with Gasteiger partial charge in [-0.2, -0.15) is 0 Å². The fraction of sp³-hybridized carbons (Fsp3) is 0.615. The molecule has 0 aliphatic heterocycles. The third-order valence-corrected chi connectivity index (χ3v) is 5.05. The molecular formula is C13H18N4Na4O9P2. The quantitative estimate of drug-likeness (QED) is 0.155. The van der Waals surface area contributed by atoms with Crippen molar-refractivity contribution in [2.45, 2.75) is 6.54 Å². The van der Waals surface area contributed by atoms with Crippen molar-refractivity contribution >= 4 is 26.4 Å². The van der Waals surface area contributed by atoms with Crippen LogP contribution in [0, 0.1) is 5.92 Å². The summed E-state index contributed by atoms with van der Waals surface area (Å²) in [5, 5.41) is 0. The van der Waals surface area contributed by atoms with Crippen LogP contribution in [0.25, 0.3) is 11.2 Å². The Morgan fingerprint density at radius 3 is 1.91 bits per heavy atom. The number of H-pyrrole nitrogens is 1. The van der Waals surface area contributed by atoms with E-state index in [1.807, 2.05) is 0 Å². The summed E-state index contributed by atoms with van der Waals surface area (Å²) in [6.07, 6.45) is 1.26. The summed E-state index contributed by atoms with van der Waals surface area (Å²) in [7, 11) is -9.37. The number of fused-ring (bicyclic) bond motifs is 1. The fourth-order valence-corrected chi connectivity index (χ4v) is 3.02. The molecule has 13 nitrogen and oxygen atoms in total. The first-order valence-electron chi connectivity index (χ1n) is 8.11. The van der Waals surface area contributed by atoms with E-state index in [0.717, 1.165) is 0 Å². The Balaban J connectivity index is -0.00000210. The third-order valence-electron chi connectivity index (χ3n) is 3.59. The third kappa shape index (κ3) is 15.6. The minimum atomic E-state index is -4.69. The maximum Gasteiger partial charge on any atom is 1.00 e. The van der Waals surface area contributed by atoms with Crippen LogP contribution in [-0.4, -0.2) is 58.3 Å². The molecule has 0 radical (unpaired) electrons. The number of aromatic amines is 1. The van der Waals surface area contributed by atoms with Crippen LogP contribution < -0.4 is 143 Å². The number of imidazole rings is 1. The number of rotatable bonds is 12. The van der Waals surface area contributed by atoms with E-state index in [4.69, 9.17) is 9.47 Å². The summed E-state index contributed by atoms with van der Waals surface area (Å²) in [5.74, 6) is -0.422. The molecule has 32 heavy (non-hydrogen) atoms. The van der Waals surface area contributed by atoms with Gasteiger partial charge in [-0.1, -0.05) is 15.2 Å². The van der Waals surface area contributed by atoms with E-state index in [1.165, 1.54) is 12.7 Å². The van der Waals surface area contributed by atoms with E-state index in [-0.39, 0.29) is 157 Å². The van der Waals surface area contributed by atoms with E-state index in [2.05, 4.69) is 15.0 Å². The van der Waals surface area contributed by atoms with Crippen LogP contribution in [0.15, 0.2) is 17.4 Å². The van der Waals surface area contributed by atoms with Gasteiger partial charge < -0.3 is 47.7 Å². The molecule has 0 saturated carbocycles. The summed E-state index contributed by atoms with van der Waals surface area (Å²) in [6.45, 7) is -0.449. The molecule has 1 N–H and O–H groups in total. The molecule has 2 aromatic rings. The predicted molar refractivity (Wildman–Crippen MR) is 88.2 cm³/mol. The maximum atomic E-state index is 11.7. The van der Waals surface area contributed by atoms with Gasteiger partial charge in [0.15, 0.2) is 11.2 Å². The zero-order valence-electron chi connectivity index (χ0n) is 18.6. The van der Waals surface area contributed by atoms with Crippen LogP contribution in [0.4, 0.5) is 0 Å².